The Labute approximate surface area is 106 Å². The maximum Gasteiger partial charge on any atom is 0.111 e. The van der Waals surface area contributed by atoms with Crippen molar-refractivity contribution in [3.63, 3.8) is 0 Å². The maximum atomic E-state index is 10.0. The van der Waals surface area contributed by atoms with Crippen molar-refractivity contribution in [1.82, 2.24) is 14.8 Å². The van der Waals surface area contributed by atoms with Crippen LogP contribution in [0.25, 0.3) is 11.4 Å². The Morgan fingerprint density at radius 2 is 2.00 bits per heavy atom. The first kappa shape index (κ1) is 11.4. The van der Waals surface area contributed by atoms with E-state index in [9.17, 15) is 5.11 Å². The molecule has 2 unspecified atom stereocenters. The first-order chi connectivity index (χ1) is 8.84. The molecular formula is C14H17N3O. The zero-order valence-corrected chi connectivity index (χ0v) is 10.2. The molecule has 0 aromatic carbocycles. The smallest absolute Gasteiger partial charge is 0.111 e. The number of hydrogen-bond donors (Lipinski definition) is 1. The number of pyridine rings is 1. The molecule has 0 spiro atoms. The second kappa shape index (κ2) is 4.90. The van der Waals surface area contributed by atoms with Gasteiger partial charge in [0, 0.05) is 12.4 Å². The van der Waals surface area contributed by atoms with Crippen LogP contribution < -0.4 is 0 Å². The monoisotopic (exact) mass is 243 g/mol. The Bertz CT molecular complexity index is 509. The van der Waals surface area contributed by atoms with Gasteiger partial charge in [-0.1, -0.05) is 18.9 Å². The fourth-order valence-electron chi connectivity index (χ4n) is 2.57. The van der Waals surface area contributed by atoms with Crippen LogP contribution >= 0.6 is 0 Å². The van der Waals surface area contributed by atoms with Gasteiger partial charge in [0.1, 0.15) is 5.69 Å². The third-order valence-corrected chi connectivity index (χ3v) is 3.57. The molecule has 3 rings (SSSR count). The lowest BCUT2D eigenvalue weighted by molar-refractivity contribution is 0.0695. The fraction of sp³-hybridized carbons (Fsp3) is 0.429. The van der Waals surface area contributed by atoms with Crippen LogP contribution in [0.3, 0.4) is 0 Å². The molecule has 94 valence electrons. The normalized spacial score (nSPS) is 24.1. The quantitative estimate of drug-likeness (QED) is 0.881. The highest BCUT2D eigenvalue weighted by Crippen LogP contribution is 2.28. The summed E-state index contributed by atoms with van der Waals surface area (Å²) in [5.74, 6) is 0. The lowest BCUT2D eigenvalue weighted by Gasteiger charge is -2.27. The summed E-state index contributed by atoms with van der Waals surface area (Å²) in [6.45, 7) is 0. The summed E-state index contributed by atoms with van der Waals surface area (Å²) < 4.78 is 1.90. The Morgan fingerprint density at radius 3 is 2.78 bits per heavy atom. The molecule has 2 aromatic heterocycles. The summed E-state index contributed by atoms with van der Waals surface area (Å²) in [6, 6.07) is 7.88. The molecule has 1 fully saturated rings. The summed E-state index contributed by atoms with van der Waals surface area (Å²) in [6.07, 6.45) is 7.61. The van der Waals surface area contributed by atoms with Crippen molar-refractivity contribution in [2.45, 2.75) is 37.8 Å². The van der Waals surface area contributed by atoms with Crippen molar-refractivity contribution >= 4 is 0 Å². The van der Waals surface area contributed by atoms with Crippen LogP contribution in [-0.4, -0.2) is 26.0 Å². The molecule has 0 aliphatic heterocycles. The SMILES string of the molecule is OC1CCCCC1n1ccc(-c2ccccn2)n1. The molecule has 0 radical (unpaired) electrons. The third-order valence-electron chi connectivity index (χ3n) is 3.57. The first-order valence-corrected chi connectivity index (χ1v) is 6.49. The van der Waals surface area contributed by atoms with Crippen LogP contribution in [0.2, 0.25) is 0 Å². The molecule has 4 heteroatoms. The lowest BCUT2D eigenvalue weighted by Crippen LogP contribution is -2.27. The molecule has 1 N–H and O–H groups in total. The minimum absolute atomic E-state index is 0.121. The predicted molar refractivity (Wildman–Crippen MR) is 69.0 cm³/mol. The number of aliphatic hydroxyl groups is 1. The van der Waals surface area contributed by atoms with E-state index >= 15 is 0 Å². The topological polar surface area (TPSA) is 50.9 Å². The van der Waals surface area contributed by atoms with Gasteiger partial charge >= 0.3 is 0 Å². The molecule has 0 saturated heterocycles. The van der Waals surface area contributed by atoms with Gasteiger partial charge in [-0.3, -0.25) is 9.67 Å². The van der Waals surface area contributed by atoms with Gasteiger partial charge in [0.2, 0.25) is 0 Å². The van der Waals surface area contributed by atoms with Crippen LogP contribution in [0.1, 0.15) is 31.7 Å². The van der Waals surface area contributed by atoms with E-state index in [1.165, 1.54) is 6.42 Å². The molecule has 4 nitrogen and oxygen atoms in total. The van der Waals surface area contributed by atoms with Crippen LogP contribution in [0.4, 0.5) is 0 Å². The summed E-state index contributed by atoms with van der Waals surface area (Å²) in [4.78, 5) is 4.29. The van der Waals surface area contributed by atoms with Crippen LogP contribution in [-0.2, 0) is 0 Å². The molecular weight excluding hydrogens is 226 g/mol. The zero-order valence-electron chi connectivity index (χ0n) is 10.2. The molecule has 2 aromatic rings. The van der Waals surface area contributed by atoms with E-state index in [0.29, 0.717) is 0 Å². The van der Waals surface area contributed by atoms with E-state index in [1.54, 1.807) is 6.20 Å². The van der Waals surface area contributed by atoms with E-state index in [-0.39, 0.29) is 12.1 Å². The summed E-state index contributed by atoms with van der Waals surface area (Å²) >= 11 is 0. The van der Waals surface area contributed by atoms with Crippen molar-refractivity contribution in [1.29, 1.82) is 0 Å². The molecule has 2 heterocycles. The van der Waals surface area contributed by atoms with Gasteiger partial charge in [0.25, 0.3) is 0 Å². The van der Waals surface area contributed by atoms with Crippen molar-refractivity contribution < 1.29 is 5.11 Å². The van der Waals surface area contributed by atoms with Crippen molar-refractivity contribution in [2.24, 2.45) is 0 Å². The van der Waals surface area contributed by atoms with E-state index < -0.39 is 0 Å². The Morgan fingerprint density at radius 1 is 1.11 bits per heavy atom. The largest absolute Gasteiger partial charge is 0.391 e. The lowest BCUT2D eigenvalue weighted by atomic mass is 9.93. The van der Waals surface area contributed by atoms with Crippen molar-refractivity contribution in [3.8, 4) is 11.4 Å². The average Bonchev–Trinajstić information content (AvgIpc) is 2.90. The van der Waals surface area contributed by atoms with E-state index in [2.05, 4.69) is 10.1 Å². The van der Waals surface area contributed by atoms with Crippen LogP contribution in [0.15, 0.2) is 36.7 Å². The molecule has 1 aliphatic carbocycles. The summed E-state index contributed by atoms with van der Waals surface area (Å²) in [7, 11) is 0. The molecule has 1 aliphatic rings. The molecule has 2 atom stereocenters. The van der Waals surface area contributed by atoms with Gasteiger partial charge in [0.15, 0.2) is 0 Å². The second-order valence-electron chi connectivity index (χ2n) is 4.82. The van der Waals surface area contributed by atoms with Crippen molar-refractivity contribution in [3.05, 3.63) is 36.7 Å². The van der Waals surface area contributed by atoms with Gasteiger partial charge in [0.05, 0.1) is 17.8 Å². The second-order valence-corrected chi connectivity index (χ2v) is 4.82. The van der Waals surface area contributed by atoms with Gasteiger partial charge < -0.3 is 5.11 Å². The first-order valence-electron chi connectivity index (χ1n) is 6.49. The van der Waals surface area contributed by atoms with Crippen LogP contribution in [0, 0.1) is 0 Å². The highest BCUT2D eigenvalue weighted by Gasteiger charge is 2.25. The van der Waals surface area contributed by atoms with E-state index in [0.717, 1.165) is 30.7 Å². The molecule has 0 bridgehead atoms. The van der Waals surface area contributed by atoms with Crippen LogP contribution in [0.5, 0.6) is 0 Å². The minimum atomic E-state index is -0.268. The predicted octanol–water partition coefficient (Wildman–Crippen LogP) is 2.42. The standard InChI is InChI=1S/C14H17N3O/c18-14-7-2-1-6-13(14)17-10-8-12(16-17)11-5-3-4-9-15-11/h3-5,8-10,13-14,18H,1-2,6-7H2. The average molecular weight is 243 g/mol. The molecule has 1 saturated carbocycles. The Kier molecular flexibility index (Phi) is 3.11. The summed E-state index contributed by atoms with van der Waals surface area (Å²) in [5.41, 5.74) is 1.75. The van der Waals surface area contributed by atoms with Gasteiger partial charge in [-0.15, -0.1) is 0 Å². The minimum Gasteiger partial charge on any atom is -0.391 e. The highest BCUT2D eigenvalue weighted by atomic mass is 16.3. The van der Waals surface area contributed by atoms with E-state index in [1.807, 2.05) is 35.1 Å². The Hall–Kier alpha value is -1.68. The number of nitrogens with zero attached hydrogens (tertiary/aromatic N) is 3. The van der Waals surface area contributed by atoms with Gasteiger partial charge in [-0.2, -0.15) is 5.10 Å². The molecule has 18 heavy (non-hydrogen) atoms. The third kappa shape index (κ3) is 2.16. The van der Waals surface area contributed by atoms with Crippen molar-refractivity contribution in [2.75, 3.05) is 0 Å². The molecule has 0 amide bonds. The number of rotatable bonds is 2. The highest BCUT2D eigenvalue weighted by molar-refractivity contribution is 5.52. The maximum absolute atomic E-state index is 10.0. The zero-order chi connectivity index (χ0) is 12.4. The fourth-order valence-corrected chi connectivity index (χ4v) is 2.57. The van der Waals surface area contributed by atoms with Gasteiger partial charge in [-0.05, 0) is 31.0 Å². The summed E-state index contributed by atoms with van der Waals surface area (Å²) in [5, 5.41) is 14.6. The number of aromatic nitrogens is 3. The number of aliphatic hydroxyl groups excluding tert-OH is 1. The Balaban J connectivity index is 1.85. The number of hydrogen-bond acceptors (Lipinski definition) is 3. The van der Waals surface area contributed by atoms with E-state index in [4.69, 9.17) is 0 Å². The van der Waals surface area contributed by atoms with Gasteiger partial charge in [-0.25, -0.2) is 0 Å².